The van der Waals surface area contributed by atoms with Crippen molar-refractivity contribution in [2.75, 3.05) is 6.54 Å². The van der Waals surface area contributed by atoms with Gasteiger partial charge < -0.3 is 5.11 Å². The normalized spacial score (nSPS) is 16.1. The molecule has 0 atom stereocenters. The average molecular weight is 273 g/mol. The summed E-state index contributed by atoms with van der Waals surface area (Å²) in [4.78, 5) is 0.0800. The molecule has 6 nitrogen and oxygen atoms in total. The average Bonchev–Trinajstić information content (AvgIpc) is 3.06. The molecule has 2 rings (SSSR count). The molecule has 1 aromatic rings. The Labute approximate surface area is 107 Å². The van der Waals surface area contributed by atoms with Crippen molar-refractivity contribution in [3.05, 3.63) is 11.4 Å². The molecule has 0 radical (unpaired) electrons. The number of rotatable bonds is 7. The minimum atomic E-state index is -3.57. The Morgan fingerprint density at radius 3 is 2.83 bits per heavy atom. The van der Waals surface area contributed by atoms with E-state index in [-0.39, 0.29) is 17.2 Å². The molecule has 1 fully saturated rings. The molecule has 0 amide bonds. The highest BCUT2D eigenvalue weighted by molar-refractivity contribution is 7.89. The van der Waals surface area contributed by atoms with Gasteiger partial charge in [-0.3, -0.25) is 5.10 Å². The van der Waals surface area contributed by atoms with Crippen LogP contribution < -0.4 is 4.72 Å². The fourth-order valence-electron chi connectivity index (χ4n) is 2.01. The third kappa shape index (κ3) is 3.09. The van der Waals surface area contributed by atoms with E-state index in [1.54, 1.807) is 6.92 Å². The Balaban J connectivity index is 1.97. The van der Waals surface area contributed by atoms with Crippen LogP contribution in [0.3, 0.4) is 0 Å². The molecule has 7 heteroatoms. The van der Waals surface area contributed by atoms with Crippen molar-refractivity contribution in [2.24, 2.45) is 5.92 Å². The minimum absolute atomic E-state index is 0.0800. The fourth-order valence-corrected chi connectivity index (χ4v) is 3.44. The molecule has 3 N–H and O–H groups in total. The van der Waals surface area contributed by atoms with E-state index >= 15 is 0 Å². The fraction of sp³-hybridized carbons (Fsp3) is 0.727. The number of hydrogen-bond donors (Lipinski definition) is 3. The maximum atomic E-state index is 12.1. The summed E-state index contributed by atoms with van der Waals surface area (Å²) in [5.74, 6) is 0.804. The van der Waals surface area contributed by atoms with Gasteiger partial charge in [0.15, 0.2) is 0 Å². The van der Waals surface area contributed by atoms with Crippen molar-refractivity contribution in [1.29, 1.82) is 0 Å². The molecule has 18 heavy (non-hydrogen) atoms. The first-order valence-corrected chi connectivity index (χ1v) is 7.67. The summed E-state index contributed by atoms with van der Waals surface area (Å²) in [6.45, 7) is 1.68. The second kappa shape index (κ2) is 5.38. The quantitative estimate of drug-likeness (QED) is 0.637. The summed E-state index contributed by atoms with van der Waals surface area (Å²) < 4.78 is 26.7. The Morgan fingerprint density at radius 1 is 1.50 bits per heavy atom. The lowest BCUT2D eigenvalue weighted by molar-refractivity contribution is 0.273. The molecule has 0 aliphatic heterocycles. The zero-order chi connectivity index (χ0) is 13.2. The van der Waals surface area contributed by atoms with E-state index in [1.807, 2.05) is 0 Å². The Hall–Kier alpha value is -0.920. The number of H-pyrrole nitrogens is 1. The van der Waals surface area contributed by atoms with Crippen LogP contribution in [0, 0.1) is 12.8 Å². The van der Waals surface area contributed by atoms with Crippen LogP contribution in [0.25, 0.3) is 0 Å². The minimum Gasteiger partial charge on any atom is -0.390 e. The molecule has 1 aliphatic carbocycles. The molecule has 0 bridgehead atoms. The van der Waals surface area contributed by atoms with Crippen LogP contribution in [0.1, 0.15) is 37.1 Å². The predicted molar refractivity (Wildman–Crippen MR) is 66.4 cm³/mol. The number of aromatic amines is 1. The van der Waals surface area contributed by atoms with E-state index < -0.39 is 10.0 Å². The van der Waals surface area contributed by atoms with Crippen molar-refractivity contribution >= 4 is 10.0 Å². The Morgan fingerprint density at radius 2 is 2.22 bits per heavy atom. The van der Waals surface area contributed by atoms with E-state index in [0.29, 0.717) is 12.2 Å². The van der Waals surface area contributed by atoms with Crippen molar-refractivity contribution in [1.82, 2.24) is 14.9 Å². The van der Waals surface area contributed by atoms with E-state index in [1.165, 1.54) is 12.8 Å². The van der Waals surface area contributed by atoms with Gasteiger partial charge in [-0.1, -0.05) is 12.8 Å². The molecular formula is C11H19N3O3S. The molecular weight excluding hydrogens is 254 g/mol. The smallest absolute Gasteiger partial charge is 0.244 e. The Kier molecular flexibility index (Phi) is 4.04. The lowest BCUT2D eigenvalue weighted by atomic mass is 10.2. The van der Waals surface area contributed by atoms with Crippen molar-refractivity contribution in [2.45, 2.75) is 44.1 Å². The molecule has 1 aromatic heterocycles. The van der Waals surface area contributed by atoms with Gasteiger partial charge in [0, 0.05) is 6.54 Å². The van der Waals surface area contributed by atoms with Crippen molar-refractivity contribution in [3.63, 3.8) is 0 Å². The highest BCUT2D eigenvalue weighted by Gasteiger charge is 2.24. The molecule has 1 heterocycles. The van der Waals surface area contributed by atoms with Crippen LogP contribution in [-0.4, -0.2) is 30.3 Å². The van der Waals surface area contributed by atoms with Crippen molar-refractivity contribution < 1.29 is 13.5 Å². The van der Waals surface area contributed by atoms with Crippen LogP contribution in [0.4, 0.5) is 0 Å². The number of aliphatic hydroxyl groups is 1. The predicted octanol–water partition coefficient (Wildman–Crippen LogP) is 0.679. The highest BCUT2D eigenvalue weighted by atomic mass is 32.2. The summed E-state index contributed by atoms with van der Waals surface area (Å²) in [5.41, 5.74) is 0.621. The number of sulfonamides is 1. The zero-order valence-corrected chi connectivity index (χ0v) is 11.3. The summed E-state index contributed by atoms with van der Waals surface area (Å²) in [7, 11) is -3.57. The number of nitrogens with one attached hydrogen (secondary N) is 2. The van der Waals surface area contributed by atoms with Crippen LogP contribution in [0.15, 0.2) is 4.90 Å². The summed E-state index contributed by atoms with van der Waals surface area (Å²) in [5, 5.41) is 15.4. The van der Waals surface area contributed by atoms with Crippen LogP contribution in [-0.2, 0) is 16.6 Å². The topological polar surface area (TPSA) is 95.1 Å². The monoisotopic (exact) mass is 273 g/mol. The van der Waals surface area contributed by atoms with Crippen LogP contribution in [0.2, 0.25) is 0 Å². The van der Waals surface area contributed by atoms with Gasteiger partial charge in [0.2, 0.25) is 10.0 Å². The van der Waals surface area contributed by atoms with E-state index in [2.05, 4.69) is 14.9 Å². The second-order valence-corrected chi connectivity index (χ2v) is 6.47. The summed E-state index contributed by atoms with van der Waals surface area (Å²) in [6, 6.07) is 0. The van der Waals surface area contributed by atoms with E-state index in [9.17, 15) is 8.42 Å². The highest BCUT2D eigenvalue weighted by Crippen LogP contribution is 2.33. The van der Waals surface area contributed by atoms with Gasteiger partial charge in [0.05, 0.1) is 12.3 Å². The van der Waals surface area contributed by atoms with E-state index in [4.69, 9.17) is 5.11 Å². The zero-order valence-electron chi connectivity index (χ0n) is 10.4. The van der Waals surface area contributed by atoms with E-state index in [0.717, 1.165) is 18.8 Å². The van der Waals surface area contributed by atoms with Crippen LogP contribution >= 0.6 is 0 Å². The number of hydrogen-bond acceptors (Lipinski definition) is 4. The number of aromatic nitrogens is 2. The summed E-state index contributed by atoms with van der Waals surface area (Å²) >= 11 is 0. The van der Waals surface area contributed by atoms with Gasteiger partial charge in [-0.25, -0.2) is 13.1 Å². The lowest BCUT2D eigenvalue weighted by Gasteiger charge is -2.07. The first-order valence-electron chi connectivity index (χ1n) is 6.19. The third-order valence-electron chi connectivity index (χ3n) is 3.16. The van der Waals surface area contributed by atoms with Gasteiger partial charge in [0.1, 0.15) is 10.6 Å². The van der Waals surface area contributed by atoms with Crippen LogP contribution in [0.5, 0.6) is 0 Å². The standard InChI is InChI=1S/C11H19N3O3S/c1-8-11(10(7-15)14-13-8)18(16,17)12-6-2-3-9-4-5-9/h9,12,15H,2-7H2,1H3,(H,13,14). The molecule has 0 saturated heterocycles. The number of aliphatic hydroxyl groups excluding tert-OH is 1. The summed E-state index contributed by atoms with van der Waals surface area (Å²) in [6.07, 6.45) is 4.50. The molecule has 1 aliphatic rings. The van der Waals surface area contributed by atoms with Gasteiger partial charge in [-0.2, -0.15) is 5.10 Å². The lowest BCUT2D eigenvalue weighted by Crippen LogP contribution is -2.26. The second-order valence-electron chi connectivity index (χ2n) is 4.77. The third-order valence-corrected chi connectivity index (χ3v) is 4.82. The van der Waals surface area contributed by atoms with Gasteiger partial charge in [-0.15, -0.1) is 0 Å². The molecule has 0 unspecified atom stereocenters. The Bertz CT molecular complexity index is 506. The maximum absolute atomic E-state index is 12.1. The van der Waals surface area contributed by atoms with Crippen molar-refractivity contribution in [3.8, 4) is 0 Å². The molecule has 0 aromatic carbocycles. The van der Waals surface area contributed by atoms with Gasteiger partial charge in [-0.05, 0) is 25.7 Å². The molecule has 102 valence electrons. The first kappa shape index (κ1) is 13.5. The number of aryl methyl sites for hydroxylation is 1. The largest absolute Gasteiger partial charge is 0.390 e. The molecule has 0 spiro atoms. The van der Waals surface area contributed by atoms with Gasteiger partial charge >= 0.3 is 0 Å². The first-order chi connectivity index (χ1) is 8.54. The number of nitrogens with zero attached hydrogens (tertiary/aromatic N) is 1. The molecule has 1 saturated carbocycles. The van der Waals surface area contributed by atoms with Gasteiger partial charge in [0.25, 0.3) is 0 Å². The SMILES string of the molecule is Cc1[nH]nc(CO)c1S(=O)(=O)NCCCC1CC1. The maximum Gasteiger partial charge on any atom is 0.244 e.